The highest BCUT2D eigenvalue weighted by atomic mass is 16.5. The van der Waals surface area contributed by atoms with Crippen LogP contribution in [0, 0.1) is 0 Å². The van der Waals surface area contributed by atoms with Crippen LogP contribution in [-0.4, -0.2) is 83.6 Å². The quantitative estimate of drug-likeness (QED) is 0.641. The molecule has 3 aliphatic rings. The molecule has 6 rings (SSSR count). The summed E-state index contributed by atoms with van der Waals surface area (Å²) in [6.07, 6.45) is 10.3. The molecule has 3 aromatic rings. The highest BCUT2D eigenvalue weighted by Gasteiger charge is 2.40. The zero-order valence-corrected chi connectivity index (χ0v) is 19.9. The van der Waals surface area contributed by atoms with Crippen LogP contribution in [-0.2, 0) is 10.3 Å². The fourth-order valence-corrected chi connectivity index (χ4v) is 5.62. The highest BCUT2D eigenvalue weighted by Crippen LogP contribution is 2.41. The summed E-state index contributed by atoms with van der Waals surface area (Å²) in [5.74, 6) is 1.32. The number of anilines is 3. The van der Waals surface area contributed by atoms with E-state index in [4.69, 9.17) is 14.7 Å². The van der Waals surface area contributed by atoms with Crippen LogP contribution in [0.1, 0.15) is 31.4 Å². The number of hydrogen-bond acceptors (Lipinski definition) is 8. The van der Waals surface area contributed by atoms with Crippen LogP contribution in [0.25, 0.3) is 11.0 Å². The topological polar surface area (TPSA) is 83.7 Å². The Bertz CT molecular complexity index is 1190. The Hall–Kier alpha value is -3.04. The lowest BCUT2D eigenvalue weighted by Crippen LogP contribution is -2.44. The average Bonchev–Trinajstić information content (AvgIpc) is 3.25. The third kappa shape index (κ3) is 3.82. The number of nitrogens with one attached hydrogen (secondary N) is 1. The van der Waals surface area contributed by atoms with Gasteiger partial charge in [-0.1, -0.05) is 0 Å². The van der Waals surface area contributed by atoms with Crippen LogP contribution in [0.15, 0.2) is 35.6 Å². The Balaban J connectivity index is 1.25. The van der Waals surface area contributed by atoms with Gasteiger partial charge in [-0.05, 0) is 50.9 Å². The van der Waals surface area contributed by atoms with Crippen LogP contribution >= 0.6 is 0 Å². The van der Waals surface area contributed by atoms with E-state index < -0.39 is 0 Å². The molecule has 34 heavy (non-hydrogen) atoms. The second-order valence-corrected chi connectivity index (χ2v) is 9.82. The molecule has 5 heterocycles. The molecule has 0 aromatic carbocycles. The second kappa shape index (κ2) is 8.63. The van der Waals surface area contributed by atoms with Crippen molar-refractivity contribution in [1.29, 1.82) is 0 Å². The predicted molar refractivity (Wildman–Crippen MR) is 134 cm³/mol. The minimum Gasteiger partial charge on any atom is -0.381 e. The lowest BCUT2D eigenvalue weighted by Gasteiger charge is -2.42. The van der Waals surface area contributed by atoms with E-state index in [1.165, 1.54) is 0 Å². The average molecular weight is 461 g/mol. The Morgan fingerprint density at radius 2 is 1.88 bits per heavy atom. The van der Waals surface area contributed by atoms with Gasteiger partial charge in [0.1, 0.15) is 11.5 Å². The molecule has 1 spiro atoms. The van der Waals surface area contributed by atoms with Crippen LogP contribution < -0.4 is 10.2 Å². The van der Waals surface area contributed by atoms with Gasteiger partial charge in [0.2, 0.25) is 5.95 Å². The van der Waals surface area contributed by atoms with Crippen molar-refractivity contribution >= 4 is 34.7 Å². The maximum Gasteiger partial charge on any atom is 0.230 e. The molecule has 0 amide bonds. The van der Waals surface area contributed by atoms with Crippen molar-refractivity contribution in [3.63, 3.8) is 0 Å². The fourth-order valence-electron chi connectivity index (χ4n) is 5.62. The minimum absolute atomic E-state index is 0.0328. The molecule has 9 heteroatoms. The minimum atomic E-state index is -0.0328. The molecule has 2 aliphatic heterocycles. The van der Waals surface area contributed by atoms with Crippen LogP contribution in [0.3, 0.4) is 0 Å². The van der Waals surface area contributed by atoms with Crippen LogP contribution in [0.4, 0.5) is 17.5 Å². The normalized spacial score (nSPS) is 25.1. The predicted octanol–water partition coefficient (Wildman–Crippen LogP) is 3.04. The first-order valence-corrected chi connectivity index (χ1v) is 12.2. The zero-order chi connectivity index (χ0) is 23.1. The molecule has 178 valence electrons. The van der Waals surface area contributed by atoms with Gasteiger partial charge in [-0.2, -0.15) is 4.98 Å². The monoisotopic (exact) mass is 460 g/mol. The van der Waals surface area contributed by atoms with Gasteiger partial charge in [-0.15, -0.1) is 0 Å². The molecular formula is C25H32N8O. The summed E-state index contributed by atoms with van der Waals surface area (Å²) >= 11 is 0. The Morgan fingerprint density at radius 1 is 1.06 bits per heavy atom. The summed E-state index contributed by atoms with van der Waals surface area (Å²) in [5.41, 5.74) is 3.19. The number of aliphatic imine (C=N–C) groups is 1. The summed E-state index contributed by atoms with van der Waals surface area (Å²) in [6.45, 7) is 5.00. The van der Waals surface area contributed by atoms with E-state index in [1.807, 2.05) is 31.8 Å². The van der Waals surface area contributed by atoms with Crippen LogP contribution in [0.5, 0.6) is 0 Å². The van der Waals surface area contributed by atoms with Crippen molar-refractivity contribution in [3.05, 3.63) is 36.3 Å². The Kier molecular flexibility index (Phi) is 5.45. The highest BCUT2D eigenvalue weighted by molar-refractivity contribution is 5.90. The van der Waals surface area contributed by atoms with Crippen molar-refractivity contribution in [2.75, 3.05) is 57.1 Å². The number of rotatable bonds is 4. The summed E-state index contributed by atoms with van der Waals surface area (Å²) in [4.78, 5) is 23.6. The summed E-state index contributed by atoms with van der Waals surface area (Å²) < 4.78 is 8.02. The summed E-state index contributed by atoms with van der Waals surface area (Å²) in [6, 6.07) is 6.28. The maximum absolute atomic E-state index is 5.62. The Labute approximate surface area is 199 Å². The van der Waals surface area contributed by atoms with Crippen molar-refractivity contribution in [3.8, 4) is 0 Å². The van der Waals surface area contributed by atoms with Gasteiger partial charge >= 0.3 is 0 Å². The molecular weight excluding hydrogens is 428 g/mol. The molecule has 0 radical (unpaired) electrons. The lowest BCUT2D eigenvalue weighted by atomic mass is 9.79. The number of pyridine rings is 1. The van der Waals surface area contributed by atoms with Crippen molar-refractivity contribution in [1.82, 2.24) is 24.4 Å². The number of hydrogen-bond donors (Lipinski definition) is 1. The number of piperazine rings is 1. The largest absolute Gasteiger partial charge is 0.381 e. The SMILES string of the molecule is COC1CCC2(CC1)CN=Cc1cc3cnc(Nc4ccc(N5CCN(C)CC5)cn4)nc3n12. The molecule has 0 bridgehead atoms. The Morgan fingerprint density at radius 3 is 2.62 bits per heavy atom. The smallest absolute Gasteiger partial charge is 0.230 e. The first kappa shape index (κ1) is 21.5. The van der Waals surface area contributed by atoms with Gasteiger partial charge < -0.3 is 24.4 Å². The van der Waals surface area contributed by atoms with E-state index in [2.05, 4.69) is 48.8 Å². The molecule has 1 N–H and O–H groups in total. The van der Waals surface area contributed by atoms with E-state index >= 15 is 0 Å². The molecule has 0 unspecified atom stereocenters. The summed E-state index contributed by atoms with van der Waals surface area (Å²) in [7, 11) is 3.98. The number of likely N-dealkylation sites (N-methyl/N-ethyl adjacent to an activating group) is 1. The number of fused-ring (bicyclic) bond motifs is 4. The van der Waals surface area contributed by atoms with E-state index in [9.17, 15) is 0 Å². The van der Waals surface area contributed by atoms with E-state index in [0.29, 0.717) is 12.1 Å². The second-order valence-electron chi connectivity index (χ2n) is 9.82. The molecule has 9 nitrogen and oxygen atoms in total. The third-order valence-corrected chi connectivity index (χ3v) is 7.71. The lowest BCUT2D eigenvalue weighted by molar-refractivity contribution is 0.0335. The van der Waals surface area contributed by atoms with Crippen molar-refractivity contribution in [2.45, 2.75) is 37.3 Å². The molecule has 0 atom stereocenters. The van der Waals surface area contributed by atoms with Gasteiger partial charge in [0, 0.05) is 51.1 Å². The molecule has 3 aromatic heterocycles. The molecule has 1 aliphatic carbocycles. The van der Waals surface area contributed by atoms with E-state index in [-0.39, 0.29) is 5.54 Å². The third-order valence-electron chi connectivity index (χ3n) is 7.71. The number of methoxy groups -OCH3 is 1. The van der Waals surface area contributed by atoms with Crippen LogP contribution in [0.2, 0.25) is 0 Å². The molecule has 1 saturated heterocycles. The van der Waals surface area contributed by atoms with Gasteiger partial charge in [0.25, 0.3) is 0 Å². The molecule has 1 saturated carbocycles. The van der Waals surface area contributed by atoms with Gasteiger partial charge in [-0.25, -0.2) is 9.97 Å². The fraction of sp³-hybridized carbons (Fsp3) is 0.520. The van der Waals surface area contributed by atoms with Gasteiger partial charge in [0.15, 0.2) is 0 Å². The molecule has 2 fully saturated rings. The van der Waals surface area contributed by atoms with Gasteiger partial charge in [0.05, 0.1) is 35.8 Å². The number of aromatic nitrogens is 4. The van der Waals surface area contributed by atoms with Crippen molar-refractivity contribution in [2.24, 2.45) is 4.99 Å². The summed E-state index contributed by atoms with van der Waals surface area (Å²) in [5, 5.41) is 4.35. The standard InChI is InChI=1S/C25H32N8O/c1-31-9-11-32(12-10-31)19-3-4-22(27-16-19)29-24-28-14-18-13-20-15-26-17-25(33(20)23(18)30-24)7-5-21(34-2)6-8-25/h3-4,13-16,21H,5-12,17H2,1-2H3,(H,27,28,29,30). The number of nitrogens with zero attached hydrogens (tertiary/aromatic N) is 7. The first-order chi connectivity index (χ1) is 16.6. The maximum atomic E-state index is 5.62. The zero-order valence-electron chi connectivity index (χ0n) is 19.9. The van der Waals surface area contributed by atoms with E-state index in [1.54, 1.807) is 0 Å². The van der Waals surface area contributed by atoms with E-state index in [0.717, 1.165) is 86.6 Å². The van der Waals surface area contributed by atoms with Gasteiger partial charge in [-0.3, -0.25) is 4.99 Å². The first-order valence-electron chi connectivity index (χ1n) is 12.2. The van der Waals surface area contributed by atoms with Crippen molar-refractivity contribution < 1.29 is 4.74 Å². The number of ether oxygens (including phenoxy) is 1.